The Labute approximate surface area is 338 Å². The van der Waals surface area contributed by atoms with Crippen LogP contribution < -0.4 is 22.5 Å². The van der Waals surface area contributed by atoms with Gasteiger partial charge in [-0.3, -0.25) is 9.79 Å². The van der Waals surface area contributed by atoms with E-state index in [2.05, 4.69) is 62.6 Å². The van der Waals surface area contributed by atoms with Gasteiger partial charge in [-0.05, 0) is 128 Å². The maximum absolute atomic E-state index is 13.3. The van der Waals surface area contributed by atoms with Gasteiger partial charge in [0, 0.05) is 24.9 Å². The Balaban J connectivity index is 1.07. The third kappa shape index (κ3) is 10.9. The molecule has 1 amide bonds. The molecular weight excluding hydrogens is 697 g/mol. The fraction of sp³-hybridized carbons (Fsp3) is 0.702. The number of fused-ring (bicyclic) bond motifs is 5. The van der Waals surface area contributed by atoms with Crippen molar-refractivity contribution in [3.8, 4) is 0 Å². The zero-order chi connectivity index (χ0) is 40.5. The largest absolute Gasteiger partial charge is 0.458 e. The Hall–Kier alpha value is -3.62. The zero-order valence-corrected chi connectivity index (χ0v) is 35.4. The molecule has 0 aromatic heterocycles. The van der Waals surface area contributed by atoms with Crippen LogP contribution in [0, 0.1) is 46.3 Å². The lowest BCUT2D eigenvalue weighted by Crippen LogP contribution is -2.51. The maximum Gasteiger partial charge on any atom is 0.338 e. The highest BCUT2D eigenvalue weighted by Gasteiger charge is 2.59. The van der Waals surface area contributed by atoms with Crippen LogP contribution in [0.1, 0.15) is 153 Å². The van der Waals surface area contributed by atoms with E-state index in [1.54, 1.807) is 11.8 Å². The zero-order valence-electron chi connectivity index (χ0n) is 35.4. The van der Waals surface area contributed by atoms with Gasteiger partial charge in [0.05, 0.1) is 12.1 Å². The Bertz CT molecular complexity index is 1580. The predicted octanol–water partition coefficient (Wildman–Crippen LogP) is 8.85. The van der Waals surface area contributed by atoms with Crippen molar-refractivity contribution in [2.24, 2.45) is 73.5 Å². The van der Waals surface area contributed by atoms with Crippen LogP contribution in [-0.4, -0.2) is 49.3 Å². The van der Waals surface area contributed by atoms with Gasteiger partial charge in [0.1, 0.15) is 12.1 Å². The van der Waals surface area contributed by atoms with E-state index in [-0.39, 0.29) is 29.4 Å². The molecule has 3 saturated carbocycles. The molecule has 9 atom stereocenters. The molecule has 0 heterocycles. The highest BCUT2D eigenvalue weighted by Crippen LogP contribution is 2.67. The highest BCUT2D eigenvalue weighted by atomic mass is 16.5. The molecule has 0 bridgehead atoms. The fourth-order valence-corrected chi connectivity index (χ4v) is 11.5. The minimum atomic E-state index is -0.631. The van der Waals surface area contributed by atoms with Gasteiger partial charge in [-0.1, -0.05) is 97.1 Å². The standard InChI is InChI=1S/C47H74N6O3/c1-31(2)11-10-12-32(3)39-21-22-40-38-20-19-36-29-37(23-25-46(36,5)41(38)24-26-47(39,40)6)56-44(55)35-17-15-34(16-18-35)30-51-27-28-52-43(54)42(53-45(49)50)14-9-7-8-13-33(4)48/h15-19,30-32,37-42H,4,7-14,20-29,48H2,1-3,5-6H3,(H,52,54)(H4,49,50,53). The highest BCUT2D eigenvalue weighted by molar-refractivity contribution is 5.91. The number of unbranched alkanes of at least 4 members (excludes halogenated alkanes) is 2. The van der Waals surface area contributed by atoms with E-state index in [0.29, 0.717) is 36.2 Å². The average molecular weight is 771 g/mol. The molecular formula is C47H74N6O3. The SMILES string of the molecule is C=C(N)CCCCCC(N=C(N)N)C(=O)NCCN=Cc1ccc(C(=O)OC2CCC3(C)C(=CCC4C3CCC3(C)C(C(C)CCCC(C)C)CCC43)C2)cc1. The molecule has 0 radical (unpaired) electrons. The number of nitrogens with one attached hydrogen (secondary N) is 1. The molecule has 3 fully saturated rings. The molecule has 4 aliphatic carbocycles. The minimum absolute atomic E-state index is 0.0746. The summed E-state index contributed by atoms with van der Waals surface area (Å²) >= 11 is 0. The quantitative estimate of drug-likeness (QED) is 0.0362. The summed E-state index contributed by atoms with van der Waals surface area (Å²) in [6.45, 7) is 17.0. The summed E-state index contributed by atoms with van der Waals surface area (Å²) in [5.74, 6) is 4.33. The third-order valence-corrected chi connectivity index (χ3v) is 14.5. The van der Waals surface area contributed by atoms with Gasteiger partial charge in [-0.2, -0.15) is 0 Å². The third-order valence-electron chi connectivity index (χ3n) is 14.5. The minimum Gasteiger partial charge on any atom is -0.458 e. The molecule has 1 aromatic rings. The number of carbonyl (C=O) groups excluding carboxylic acids is 2. The Kier molecular flexibility index (Phi) is 15.3. The summed E-state index contributed by atoms with van der Waals surface area (Å²) in [6.07, 6.45) is 22.0. The van der Waals surface area contributed by atoms with Crippen LogP contribution in [0.25, 0.3) is 0 Å². The van der Waals surface area contributed by atoms with E-state index in [9.17, 15) is 9.59 Å². The van der Waals surface area contributed by atoms with Crippen LogP contribution in [0.15, 0.2) is 58.2 Å². The number of hydrogen-bond acceptors (Lipinski definition) is 6. The molecule has 9 nitrogen and oxygen atoms in total. The Morgan fingerprint density at radius 3 is 2.43 bits per heavy atom. The summed E-state index contributed by atoms with van der Waals surface area (Å²) < 4.78 is 6.16. The van der Waals surface area contributed by atoms with Crippen LogP contribution in [0.2, 0.25) is 0 Å². The van der Waals surface area contributed by atoms with E-state index in [1.807, 2.05) is 24.3 Å². The van der Waals surface area contributed by atoms with Crippen molar-refractivity contribution >= 4 is 24.1 Å². The first-order valence-electron chi connectivity index (χ1n) is 22.0. The van der Waals surface area contributed by atoms with Gasteiger partial charge in [0.15, 0.2) is 5.96 Å². The smallest absolute Gasteiger partial charge is 0.338 e. The first kappa shape index (κ1) is 43.5. The number of nitrogens with two attached hydrogens (primary N) is 3. The molecule has 310 valence electrons. The van der Waals surface area contributed by atoms with Crippen LogP contribution in [0.5, 0.6) is 0 Å². The van der Waals surface area contributed by atoms with E-state index in [1.165, 1.54) is 51.4 Å². The van der Waals surface area contributed by atoms with Crippen molar-refractivity contribution in [2.75, 3.05) is 13.1 Å². The van der Waals surface area contributed by atoms with Crippen LogP contribution in [0.4, 0.5) is 0 Å². The molecule has 1 aromatic carbocycles. The number of aliphatic imine (C=N–C) groups is 2. The van der Waals surface area contributed by atoms with E-state index < -0.39 is 6.04 Å². The molecule has 5 rings (SSSR count). The van der Waals surface area contributed by atoms with Gasteiger partial charge < -0.3 is 27.3 Å². The number of amides is 1. The number of nitrogens with zero attached hydrogens (tertiary/aromatic N) is 2. The van der Waals surface area contributed by atoms with E-state index >= 15 is 0 Å². The molecule has 0 spiro atoms. The van der Waals surface area contributed by atoms with E-state index in [0.717, 1.165) is 86.0 Å². The number of hydrogen-bond donors (Lipinski definition) is 4. The van der Waals surface area contributed by atoms with E-state index in [4.69, 9.17) is 21.9 Å². The van der Waals surface area contributed by atoms with Gasteiger partial charge in [0.2, 0.25) is 5.91 Å². The van der Waals surface area contributed by atoms with Crippen molar-refractivity contribution < 1.29 is 14.3 Å². The number of esters is 1. The second kappa shape index (κ2) is 19.7. The number of allylic oxidation sites excluding steroid dienone is 2. The second-order valence-electron chi connectivity index (χ2n) is 18.8. The summed E-state index contributed by atoms with van der Waals surface area (Å²) in [6, 6.07) is 6.75. The topological polar surface area (TPSA) is 158 Å². The molecule has 56 heavy (non-hydrogen) atoms. The second-order valence-corrected chi connectivity index (χ2v) is 18.8. The molecule has 9 heteroatoms. The van der Waals surface area contributed by atoms with Crippen molar-refractivity contribution in [1.82, 2.24) is 5.32 Å². The Morgan fingerprint density at radius 2 is 1.71 bits per heavy atom. The van der Waals surface area contributed by atoms with Crippen LogP contribution in [0.3, 0.4) is 0 Å². The molecule has 0 saturated heterocycles. The number of rotatable bonds is 19. The summed E-state index contributed by atoms with van der Waals surface area (Å²) in [4.78, 5) is 34.6. The van der Waals surface area contributed by atoms with Crippen molar-refractivity contribution in [2.45, 2.75) is 149 Å². The first-order valence-corrected chi connectivity index (χ1v) is 22.0. The molecule has 4 aliphatic rings. The van der Waals surface area contributed by atoms with Gasteiger partial charge in [-0.25, -0.2) is 9.79 Å². The molecule has 7 N–H and O–H groups in total. The fourth-order valence-electron chi connectivity index (χ4n) is 11.5. The van der Waals surface area contributed by atoms with Gasteiger partial charge >= 0.3 is 5.97 Å². The maximum atomic E-state index is 13.3. The lowest BCUT2D eigenvalue weighted by atomic mass is 9.47. The summed E-state index contributed by atoms with van der Waals surface area (Å²) in [7, 11) is 0. The van der Waals surface area contributed by atoms with Crippen molar-refractivity contribution in [3.05, 3.63) is 59.3 Å². The number of carbonyl (C=O) groups is 2. The number of benzene rings is 1. The van der Waals surface area contributed by atoms with Crippen molar-refractivity contribution in [3.63, 3.8) is 0 Å². The number of ether oxygens (including phenoxy) is 1. The lowest BCUT2D eigenvalue weighted by Gasteiger charge is -2.58. The summed E-state index contributed by atoms with van der Waals surface area (Å²) in [5, 5.41) is 2.88. The van der Waals surface area contributed by atoms with Gasteiger partial charge in [-0.15, -0.1) is 0 Å². The van der Waals surface area contributed by atoms with Crippen LogP contribution >= 0.6 is 0 Å². The predicted molar refractivity (Wildman–Crippen MR) is 230 cm³/mol. The molecule has 0 aliphatic heterocycles. The normalized spacial score (nSPS) is 29.4. The Morgan fingerprint density at radius 1 is 0.946 bits per heavy atom. The van der Waals surface area contributed by atoms with Crippen LogP contribution in [-0.2, 0) is 9.53 Å². The monoisotopic (exact) mass is 771 g/mol. The average Bonchev–Trinajstić information content (AvgIpc) is 3.51. The lowest BCUT2D eigenvalue weighted by molar-refractivity contribution is -0.122. The summed E-state index contributed by atoms with van der Waals surface area (Å²) in [5.41, 5.74) is 21.1. The van der Waals surface area contributed by atoms with Crippen molar-refractivity contribution in [1.29, 1.82) is 0 Å². The molecule has 9 unspecified atom stereocenters. The first-order chi connectivity index (χ1) is 26.7. The van der Waals surface area contributed by atoms with Gasteiger partial charge in [0.25, 0.3) is 0 Å². The number of guanidine groups is 1.